The molecule has 0 spiro atoms. The van der Waals surface area contributed by atoms with Crippen LogP contribution in [0, 0.1) is 5.82 Å². The third-order valence-electron chi connectivity index (χ3n) is 6.06. The summed E-state index contributed by atoms with van der Waals surface area (Å²) in [6, 6.07) is 6.71. The highest BCUT2D eigenvalue weighted by molar-refractivity contribution is 7.97. The zero-order chi connectivity index (χ0) is 24.4. The molecule has 2 aromatic carbocycles. The van der Waals surface area contributed by atoms with Crippen LogP contribution >= 0.6 is 35.1 Å². The van der Waals surface area contributed by atoms with Gasteiger partial charge in [-0.15, -0.1) is 0 Å². The van der Waals surface area contributed by atoms with E-state index < -0.39 is 23.7 Å². The highest BCUT2D eigenvalue weighted by Crippen LogP contribution is 2.45. The van der Waals surface area contributed by atoms with E-state index in [1.807, 2.05) is 4.90 Å². The van der Waals surface area contributed by atoms with E-state index in [9.17, 15) is 19.1 Å². The second kappa shape index (κ2) is 10.7. The summed E-state index contributed by atoms with van der Waals surface area (Å²) in [4.78, 5) is 26.2. The fourth-order valence-corrected chi connectivity index (χ4v) is 5.27. The molecule has 2 atom stereocenters. The maximum absolute atomic E-state index is 14.8. The first-order valence-electron chi connectivity index (χ1n) is 11.0. The van der Waals surface area contributed by atoms with E-state index in [2.05, 4.69) is 4.72 Å². The molecule has 1 aliphatic heterocycles. The molecule has 6 nitrogen and oxygen atoms in total. The molecule has 1 aliphatic carbocycles. The average Bonchev–Trinajstić information content (AvgIpc) is 3.59. The number of nitrogens with zero attached hydrogens (tertiary/aromatic N) is 1. The third kappa shape index (κ3) is 5.79. The molecule has 0 bridgehead atoms. The highest BCUT2D eigenvalue weighted by atomic mass is 35.5. The zero-order valence-electron chi connectivity index (χ0n) is 18.5. The van der Waals surface area contributed by atoms with Crippen molar-refractivity contribution >= 4 is 47.0 Å². The molecule has 2 aliphatic rings. The molecule has 2 unspecified atom stereocenters. The number of carboxylic acids is 1. The van der Waals surface area contributed by atoms with Crippen molar-refractivity contribution in [2.75, 3.05) is 19.3 Å². The van der Waals surface area contributed by atoms with Crippen LogP contribution in [0.4, 0.5) is 4.39 Å². The van der Waals surface area contributed by atoms with Gasteiger partial charge in [-0.3, -0.25) is 19.2 Å². The summed E-state index contributed by atoms with van der Waals surface area (Å²) in [5, 5.41) is 10.7. The Morgan fingerprint density at radius 3 is 2.50 bits per heavy atom. The van der Waals surface area contributed by atoms with Crippen LogP contribution in [0.5, 0.6) is 5.75 Å². The van der Waals surface area contributed by atoms with Crippen LogP contribution in [0.3, 0.4) is 0 Å². The Bertz CT molecular complexity index is 1080. The number of nitrogens with one attached hydrogen (secondary N) is 1. The molecular weight excluding hydrogens is 502 g/mol. The van der Waals surface area contributed by atoms with Gasteiger partial charge in [0.1, 0.15) is 23.7 Å². The minimum atomic E-state index is -1.01. The summed E-state index contributed by atoms with van der Waals surface area (Å²) in [7, 11) is 0. The number of rotatable bonds is 8. The Hall–Kier alpha value is -2.00. The van der Waals surface area contributed by atoms with Crippen LogP contribution < -0.4 is 9.46 Å². The van der Waals surface area contributed by atoms with Crippen molar-refractivity contribution in [3.05, 3.63) is 62.9 Å². The summed E-state index contributed by atoms with van der Waals surface area (Å²) in [6.45, 7) is 0.917. The summed E-state index contributed by atoms with van der Waals surface area (Å²) in [5.41, 5.74) is 1.32. The van der Waals surface area contributed by atoms with Gasteiger partial charge in [0.2, 0.25) is 0 Å². The summed E-state index contributed by atoms with van der Waals surface area (Å²) in [6.07, 6.45) is 4.72. The van der Waals surface area contributed by atoms with E-state index in [0.29, 0.717) is 40.9 Å². The van der Waals surface area contributed by atoms with Crippen molar-refractivity contribution in [2.24, 2.45) is 0 Å². The van der Waals surface area contributed by atoms with Gasteiger partial charge in [-0.1, -0.05) is 35.1 Å². The molecule has 2 aromatic rings. The van der Waals surface area contributed by atoms with Crippen molar-refractivity contribution in [3.63, 3.8) is 0 Å². The van der Waals surface area contributed by atoms with Crippen molar-refractivity contribution < 1.29 is 23.8 Å². The molecule has 1 saturated carbocycles. The van der Waals surface area contributed by atoms with Gasteiger partial charge in [-0.25, -0.2) is 4.39 Å². The normalized spacial score (nSPS) is 19.5. The number of hydrogen-bond donors (Lipinski definition) is 2. The topological polar surface area (TPSA) is 78.9 Å². The van der Waals surface area contributed by atoms with Crippen LogP contribution in [-0.2, 0) is 4.79 Å². The van der Waals surface area contributed by atoms with Crippen LogP contribution in [0.15, 0.2) is 30.3 Å². The molecule has 34 heavy (non-hydrogen) atoms. The SMILES string of the molecule is CSNC(=O)c1cc(C2CC2)c(OC2CCCN(C(C(=O)O)c3cc(Cl)cc(Cl)c3)C2)cc1F. The predicted molar refractivity (Wildman–Crippen MR) is 131 cm³/mol. The molecule has 2 fully saturated rings. The van der Waals surface area contributed by atoms with Crippen LogP contribution in [0.2, 0.25) is 10.0 Å². The molecule has 1 amide bonds. The van der Waals surface area contributed by atoms with Gasteiger partial charge in [-0.2, -0.15) is 0 Å². The maximum Gasteiger partial charge on any atom is 0.325 e. The second-order valence-corrected chi connectivity index (χ2v) is 10.1. The van der Waals surface area contributed by atoms with E-state index in [0.717, 1.165) is 36.8 Å². The number of carbonyl (C=O) groups excluding carboxylic acids is 1. The number of benzene rings is 2. The first-order valence-corrected chi connectivity index (χ1v) is 13.0. The van der Waals surface area contributed by atoms with Gasteiger partial charge in [0.05, 0.1) is 5.56 Å². The monoisotopic (exact) mass is 526 g/mol. The van der Waals surface area contributed by atoms with Gasteiger partial charge in [-0.05, 0) is 73.5 Å². The van der Waals surface area contributed by atoms with Crippen LogP contribution in [-0.4, -0.2) is 47.3 Å². The maximum atomic E-state index is 14.8. The molecule has 10 heteroatoms. The average molecular weight is 527 g/mol. The molecular formula is C24H25Cl2FN2O4S. The Morgan fingerprint density at radius 1 is 1.18 bits per heavy atom. The summed E-state index contributed by atoms with van der Waals surface area (Å²) in [5.74, 6) is -1.48. The fraction of sp³-hybridized carbons (Fsp3) is 0.417. The van der Waals surface area contributed by atoms with E-state index in [4.69, 9.17) is 27.9 Å². The highest BCUT2D eigenvalue weighted by Gasteiger charge is 2.35. The fourth-order valence-electron chi connectivity index (χ4n) is 4.43. The smallest absolute Gasteiger partial charge is 0.325 e. The lowest BCUT2D eigenvalue weighted by molar-refractivity contribution is -0.144. The number of ether oxygens (including phenoxy) is 1. The van der Waals surface area contributed by atoms with Gasteiger partial charge < -0.3 is 9.84 Å². The molecule has 0 aromatic heterocycles. The number of carboxylic acid groups (broad SMARTS) is 1. The molecule has 4 rings (SSSR count). The number of likely N-dealkylation sites (tertiary alicyclic amines) is 1. The van der Waals surface area contributed by atoms with Gasteiger partial charge in [0.25, 0.3) is 5.91 Å². The Kier molecular flexibility index (Phi) is 7.92. The molecule has 182 valence electrons. The number of piperidine rings is 1. The molecule has 1 heterocycles. The first-order chi connectivity index (χ1) is 16.3. The minimum absolute atomic E-state index is 0.00218. The third-order valence-corrected chi connectivity index (χ3v) is 6.88. The summed E-state index contributed by atoms with van der Waals surface area (Å²) < 4.78 is 23.6. The van der Waals surface area contributed by atoms with E-state index in [1.54, 1.807) is 30.5 Å². The lowest BCUT2D eigenvalue weighted by Crippen LogP contribution is -2.45. The van der Waals surface area contributed by atoms with Crippen LogP contribution in [0.1, 0.15) is 59.1 Å². The quantitative estimate of drug-likeness (QED) is 0.430. The predicted octanol–water partition coefficient (Wildman–Crippen LogP) is 5.69. The largest absolute Gasteiger partial charge is 0.489 e. The Balaban J connectivity index is 1.56. The van der Waals surface area contributed by atoms with Crippen LogP contribution in [0.25, 0.3) is 0 Å². The molecule has 0 radical (unpaired) electrons. The van der Waals surface area contributed by atoms with Crippen molar-refractivity contribution in [1.82, 2.24) is 9.62 Å². The lowest BCUT2D eigenvalue weighted by Gasteiger charge is -2.37. The van der Waals surface area contributed by atoms with Crippen molar-refractivity contribution in [3.8, 4) is 5.75 Å². The number of amides is 1. The Labute approximate surface area is 211 Å². The number of aliphatic carboxylic acids is 1. The van der Waals surface area contributed by atoms with Crippen molar-refractivity contribution in [1.29, 1.82) is 0 Å². The lowest BCUT2D eigenvalue weighted by atomic mass is 10.00. The van der Waals surface area contributed by atoms with E-state index in [-0.39, 0.29) is 17.6 Å². The molecule has 2 N–H and O–H groups in total. The van der Waals surface area contributed by atoms with Gasteiger partial charge in [0, 0.05) is 28.9 Å². The van der Waals surface area contributed by atoms with E-state index in [1.165, 1.54) is 6.07 Å². The Morgan fingerprint density at radius 2 is 1.88 bits per heavy atom. The summed E-state index contributed by atoms with van der Waals surface area (Å²) >= 11 is 13.3. The van der Waals surface area contributed by atoms with Gasteiger partial charge >= 0.3 is 5.97 Å². The van der Waals surface area contributed by atoms with Crippen molar-refractivity contribution in [2.45, 2.75) is 43.7 Å². The number of carbonyl (C=O) groups is 2. The zero-order valence-corrected chi connectivity index (χ0v) is 20.9. The second-order valence-electron chi connectivity index (χ2n) is 8.60. The van der Waals surface area contributed by atoms with Gasteiger partial charge in [0.15, 0.2) is 0 Å². The standard InChI is InChI=1S/C24H25Cl2FN2O4S/c1-34-28-23(30)19-10-18(13-4-5-13)21(11-20(19)27)33-17-3-2-6-29(12-17)22(24(31)32)14-7-15(25)9-16(26)8-14/h7-11,13,17,22H,2-6,12H2,1H3,(H,28,30)(H,31,32). The van der Waals surface area contributed by atoms with E-state index >= 15 is 0 Å². The molecule has 1 saturated heterocycles. The first kappa shape index (κ1) is 25.1. The number of hydrogen-bond acceptors (Lipinski definition) is 5. The number of halogens is 3. The minimum Gasteiger partial charge on any atom is -0.489 e.